The van der Waals surface area contributed by atoms with E-state index in [1.54, 1.807) is 0 Å². The fourth-order valence-corrected chi connectivity index (χ4v) is 5.47. The van der Waals surface area contributed by atoms with E-state index in [1.165, 1.54) is 17.5 Å². The molecule has 2 aliphatic heterocycles. The van der Waals surface area contributed by atoms with Gasteiger partial charge >= 0.3 is 0 Å². The lowest BCUT2D eigenvalue weighted by Gasteiger charge is -2.32. The summed E-state index contributed by atoms with van der Waals surface area (Å²) in [7, 11) is 0. The zero-order valence-electron chi connectivity index (χ0n) is 16.5. The van der Waals surface area contributed by atoms with Crippen LogP contribution in [0.25, 0.3) is 0 Å². The van der Waals surface area contributed by atoms with Crippen LogP contribution in [0, 0.1) is 5.92 Å². The quantitative estimate of drug-likeness (QED) is 0.502. The van der Waals surface area contributed by atoms with E-state index in [2.05, 4.69) is 51.6 Å². The van der Waals surface area contributed by atoms with Crippen LogP contribution < -0.4 is 35.1 Å². The molecule has 158 valence electrons. The molecule has 0 saturated carbocycles. The Kier molecular flexibility index (Phi) is 9.76. The van der Waals surface area contributed by atoms with Crippen LogP contribution in [0.4, 0.5) is 0 Å². The Balaban J connectivity index is 0.00000150. The summed E-state index contributed by atoms with van der Waals surface area (Å²) in [6, 6.07) is 15.0. The van der Waals surface area contributed by atoms with Crippen molar-refractivity contribution >= 4 is 17.7 Å². The van der Waals surface area contributed by atoms with Crippen LogP contribution in [0.1, 0.15) is 35.8 Å². The number of aryl methyl sites for hydroxylation is 1. The number of aromatic amines is 1. The number of nitrogens with two attached hydrogens (primary N) is 1. The van der Waals surface area contributed by atoms with E-state index < -0.39 is 0 Å². The molecule has 3 N–H and O–H groups in total. The fraction of sp³-hybridized carbons (Fsp3) is 0.455. The van der Waals surface area contributed by atoms with Gasteiger partial charge in [-0.15, -0.1) is 0 Å². The Morgan fingerprint density at radius 1 is 1.10 bits per heavy atom. The van der Waals surface area contributed by atoms with Crippen molar-refractivity contribution in [2.24, 2.45) is 5.92 Å². The highest BCUT2D eigenvalue weighted by Gasteiger charge is 2.38. The Labute approximate surface area is 190 Å². The van der Waals surface area contributed by atoms with Gasteiger partial charge in [-0.25, -0.2) is 4.98 Å². The van der Waals surface area contributed by atoms with E-state index in [1.807, 2.05) is 30.2 Å². The molecule has 2 saturated heterocycles. The van der Waals surface area contributed by atoms with Gasteiger partial charge in [-0.1, -0.05) is 42.1 Å². The Hall–Kier alpha value is -1.27. The molecule has 1 aromatic heterocycles. The molecule has 1 aromatic carbocycles. The van der Waals surface area contributed by atoms with Gasteiger partial charge in [-0.2, -0.15) is 0 Å². The third-order valence-corrected chi connectivity index (χ3v) is 7.19. The summed E-state index contributed by atoms with van der Waals surface area (Å²) in [5.74, 6) is 2.00. The topological polar surface area (TPSA) is 51.1 Å². The fourth-order valence-electron chi connectivity index (χ4n) is 4.17. The number of nitrogens with zero attached hydrogens (tertiary/aromatic N) is 1. The minimum atomic E-state index is 0. The van der Waals surface area contributed by atoms with Crippen molar-refractivity contribution in [2.75, 3.05) is 18.8 Å². The molecule has 2 atom stereocenters. The summed E-state index contributed by atoms with van der Waals surface area (Å²) in [5.41, 5.74) is 2.69. The van der Waals surface area contributed by atoms with Crippen LogP contribution in [-0.2, 0) is 11.2 Å². The molecule has 4 nitrogen and oxygen atoms in total. The van der Waals surface area contributed by atoms with E-state index in [-0.39, 0.29) is 30.9 Å². The van der Waals surface area contributed by atoms with Crippen LogP contribution in [0.15, 0.2) is 54.9 Å². The first-order valence-corrected chi connectivity index (χ1v) is 11.1. The third kappa shape index (κ3) is 6.35. The number of benzene rings is 1. The Bertz CT molecular complexity index is 742. The van der Waals surface area contributed by atoms with E-state index >= 15 is 0 Å². The van der Waals surface area contributed by atoms with Crippen molar-refractivity contribution < 1.29 is 39.9 Å². The molecule has 0 bridgehead atoms. The smallest absolute Gasteiger partial charge is 0.281 e. The molecule has 29 heavy (non-hydrogen) atoms. The summed E-state index contributed by atoms with van der Waals surface area (Å²) in [6.07, 6.45) is 8.66. The number of hydrogen-bond acceptors (Lipinski definition) is 2. The number of carbonyl (C=O) groups is 1. The molecule has 2 aliphatic rings. The van der Waals surface area contributed by atoms with E-state index in [0.717, 1.165) is 44.0 Å². The standard InChI is InChI=1S/C22H27N3OS.2ClH/c26-22(20-16-27-21(24-20)19-7-4-12-23-15-19)25-13-10-18(11-14-25)9-8-17-5-2-1-3-6-17;;/h1-7,12,15,18,20-21,24H,8-11,13-14,16H2;2*1H/t20-,21?;;/m0../s1. The van der Waals surface area contributed by atoms with Crippen molar-refractivity contribution in [1.29, 1.82) is 0 Å². The number of H-pyrrole nitrogens is 1. The second-order valence-corrected chi connectivity index (χ2v) is 8.86. The van der Waals surface area contributed by atoms with Crippen molar-refractivity contribution in [2.45, 2.75) is 37.1 Å². The van der Waals surface area contributed by atoms with Gasteiger partial charge in [-0.05, 0) is 43.2 Å². The largest absolute Gasteiger partial charge is 1.00 e. The van der Waals surface area contributed by atoms with E-state index in [4.69, 9.17) is 0 Å². The van der Waals surface area contributed by atoms with Gasteiger partial charge in [0.25, 0.3) is 5.91 Å². The lowest BCUT2D eigenvalue weighted by molar-refractivity contribution is -0.685. The molecule has 2 fully saturated rings. The van der Waals surface area contributed by atoms with Crippen LogP contribution in [0.3, 0.4) is 0 Å². The maximum Gasteiger partial charge on any atom is 0.281 e. The number of hydrogen-bond donors (Lipinski definition) is 1. The van der Waals surface area contributed by atoms with Crippen LogP contribution in [-0.4, -0.2) is 35.7 Å². The Morgan fingerprint density at radius 2 is 1.86 bits per heavy atom. The maximum absolute atomic E-state index is 12.9. The average Bonchev–Trinajstić information content (AvgIpc) is 3.24. The maximum atomic E-state index is 12.9. The summed E-state index contributed by atoms with van der Waals surface area (Å²) in [4.78, 5) is 18.2. The normalized spacial score (nSPS) is 21.9. The summed E-state index contributed by atoms with van der Waals surface area (Å²) < 4.78 is 0. The molecular weight excluding hydrogens is 425 g/mol. The zero-order chi connectivity index (χ0) is 18.5. The highest BCUT2D eigenvalue weighted by molar-refractivity contribution is 7.99. The van der Waals surface area contributed by atoms with Crippen molar-refractivity contribution in [1.82, 2.24) is 4.90 Å². The van der Waals surface area contributed by atoms with Crippen molar-refractivity contribution in [3.05, 3.63) is 66.0 Å². The predicted molar refractivity (Wildman–Crippen MR) is 108 cm³/mol. The predicted octanol–water partition coefficient (Wildman–Crippen LogP) is -3.94. The number of quaternary nitrogens is 1. The molecule has 7 heteroatoms. The average molecular weight is 454 g/mol. The number of amides is 1. The van der Waals surface area contributed by atoms with Crippen LogP contribution in [0.5, 0.6) is 0 Å². The second-order valence-electron chi connectivity index (χ2n) is 7.68. The monoisotopic (exact) mass is 453 g/mol. The SMILES string of the molecule is O=C([C@@H]1CSC(c2ccc[nH+]c2)[NH2+]1)N1CCC(CCc2ccccc2)CC1.[Cl-].[Cl-]. The van der Waals surface area contributed by atoms with Gasteiger partial charge in [0.1, 0.15) is 0 Å². The molecule has 4 rings (SSSR count). The van der Waals surface area contributed by atoms with E-state index in [0.29, 0.717) is 11.3 Å². The number of nitrogens with one attached hydrogen (secondary N) is 1. The van der Waals surface area contributed by atoms with Gasteiger partial charge in [0.05, 0.1) is 11.3 Å². The number of carbonyl (C=O) groups excluding carboxylic acids is 1. The molecule has 1 amide bonds. The summed E-state index contributed by atoms with van der Waals surface area (Å²) in [5, 5.41) is 2.58. The number of thioether (sulfide) groups is 1. The highest BCUT2D eigenvalue weighted by atomic mass is 35.5. The van der Waals surface area contributed by atoms with E-state index in [9.17, 15) is 4.79 Å². The molecule has 0 radical (unpaired) electrons. The number of halogens is 2. The van der Waals surface area contributed by atoms with Crippen molar-refractivity contribution in [3.63, 3.8) is 0 Å². The van der Waals surface area contributed by atoms with Gasteiger partial charge in [0, 0.05) is 19.2 Å². The second kappa shape index (κ2) is 11.8. The summed E-state index contributed by atoms with van der Waals surface area (Å²) in [6.45, 7) is 1.86. The number of likely N-dealkylation sites (tertiary alicyclic amines) is 1. The third-order valence-electron chi connectivity index (χ3n) is 5.85. The highest BCUT2D eigenvalue weighted by Crippen LogP contribution is 2.28. The molecular formula is C22H29Cl2N3OS. The van der Waals surface area contributed by atoms with Gasteiger partial charge < -0.3 is 35.0 Å². The summed E-state index contributed by atoms with van der Waals surface area (Å²) >= 11 is 1.88. The number of pyridine rings is 1. The van der Waals surface area contributed by atoms with Crippen LogP contribution in [0.2, 0.25) is 0 Å². The molecule has 3 heterocycles. The number of rotatable bonds is 5. The first-order valence-electron chi connectivity index (χ1n) is 10.0. The van der Waals surface area contributed by atoms with Crippen molar-refractivity contribution in [3.8, 4) is 0 Å². The zero-order valence-corrected chi connectivity index (χ0v) is 18.8. The van der Waals surface area contributed by atoms with Gasteiger partial charge in [0.2, 0.25) is 0 Å². The molecule has 0 aliphatic carbocycles. The van der Waals surface area contributed by atoms with Gasteiger partial charge in [-0.3, -0.25) is 4.79 Å². The Morgan fingerprint density at radius 3 is 2.55 bits per heavy atom. The van der Waals surface area contributed by atoms with Crippen LogP contribution >= 0.6 is 11.8 Å². The lowest BCUT2D eigenvalue weighted by atomic mass is 9.90. The number of aromatic nitrogens is 1. The van der Waals surface area contributed by atoms with Gasteiger partial charge in [0.15, 0.2) is 23.8 Å². The minimum Gasteiger partial charge on any atom is -1.00 e. The first-order chi connectivity index (χ1) is 13.3. The molecule has 0 spiro atoms. The molecule has 1 unspecified atom stereocenters. The lowest BCUT2D eigenvalue weighted by Crippen LogP contribution is -3.00. The minimum absolute atomic E-state index is 0. The first kappa shape index (κ1) is 24.0. The number of piperidine rings is 1. The molecule has 2 aromatic rings.